The number of aryl methyl sites for hydroxylation is 1. The van der Waals surface area contributed by atoms with Gasteiger partial charge in [-0.25, -0.2) is 9.78 Å². The summed E-state index contributed by atoms with van der Waals surface area (Å²) in [7, 11) is 1.74. The lowest BCUT2D eigenvalue weighted by atomic mass is 9.87. The first kappa shape index (κ1) is 14.8. The molecule has 0 spiro atoms. The molecule has 1 aliphatic heterocycles. The smallest absolute Gasteiger partial charge is 0.320 e. The van der Waals surface area contributed by atoms with Gasteiger partial charge in [-0.05, 0) is 6.92 Å². The number of hydrogen-bond donors (Lipinski definition) is 1. The first-order valence-corrected chi connectivity index (χ1v) is 7.40. The van der Waals surface area contributed by atoms with Crippen molar-refractivity contribution in [2.24, 2.45) is 11.8 Å². The molecule has 2 heterocycles. The van der Waals surface area contributed by atoms with E-state index in [1.165, 1.54) is 0 Å². The predicted octanol–water partition coefficient (Wildman–Crippen LogP) is 1.66. The van der Waals surface area contributed by atoms with Crippen molar-refractivity contribution in [3.63, 3.8) is 0 Å². The quantitative estimate of drug-likeness (QED) is 0.917. The van der Waals surface area contributed by atoms with Crippen molar-refractivity contribution in [3.05, 3.63) is 16.1 Å². The van der Waals surface area contributed by atoms with Gasteiger partial charge < -0.3 is 14.9 Å². The van der Waals surface area contributed by atoms with E-state index in [1.807, 2.05) is 12.3 Å². The van der Waals surface area contributed by atoms with Gasteiger partial charge >= 0.3 is 12.0 Å². The molecular formula is C13H19N3O3S. The van der Waals surface area contributed by atoms with Gasteiger partial charge in [0, 0.05) is 31.4 Å². The van der Waals surface area contributed by atoms with E-state index in [4.69, 9.17) is 5.11 Å². The number of amides is 2. The van der Waals surface area contributed by atoms with Crippen LogP contribution in [0.3, 0.4) is 0 Å². The van der Waals surface area contributed by atoms with Crippen LogP contribution in [-0.4, -0.2) is 52.0 Å². The molecular weight excluding hydrogens is 278 g/mol. The Kier molecular flexibility index (Phi) is 4.27. The Morgan fingerprint density at radius 3 is 2.75 bits per heavy atom. The molecule has 0 radical (unpaired) electrons. The lowest BCUT2D eigenvalue weighted by molar-refractivity contribution is -0.144. The second kappa shape index (κ2) is 5.78. The number of carbonyl (C=O) groups excluding carboxylic acids is 1. The molecule has 0 bridgehead atoms. The van der Waals surface area contributed by atoms with Crippen LogP contribution in [0, 0.1) is 18.8 Å². The molecule has 0 aromatic carbocycles. The fraction of sp³-hybridized carbons (Fsp3) is 0.615. The minimum Gasteiger partial charge on any atom is -0.481 e. The fourth-order valence-corrected chi connectivity index (χ4v) is 2.82. The number of nitrogens with zero attached hydrogens (tertiary/aromatic N) is 3. The SMILES string of the molecule is Cc1nc(CN(C)C(=O)N2CC(C(C)C(=O)O)C2)cs1. The average Bonchev–Trinajstić information content (AvgIpc) is 2.72. The van der Waals surface area contributed by atoms with E-state index < -0.39 is 11.9 Å². The van der Waals surface area contributed by atoms with Crippen molar-refractivity contribution in [2.75, 3.05) is 20.1 Å². The zero-order chi connectivity index (χ0) is 14.9. The normalized spacial score (nSPS) is 16.6. The van der Waals surface area contributed by atoms with E-state index in [2.05, 4.69) is 4.98 Å². The monoisotopic (exact) mass is 297 g/mol. The predicted molar refractivity (Wildman–Crippen MR) is 75.6 cm³/mol. The Bertz CT molecular complexity index is 511. The number of likely N-dealkylation sites (tertiary alicyclic amines) is 1. The molecule has 7 heteroatoms. The van der Waals surface area contributed by atoms with Crippen LogP contribution in [0.25, 0.3) is 0 Å². The maximum absolute atomic E-state index is 12.2. The third kappa shape index (κ3) is 3.09. The van der Waals surface area contributed by atoms with Crippen LogP contribution < -0.4 is 0 Å². The van der Waals surface area contributed by atoms with E-state index in [0.29, 0.717) is 19.6 Å². The van der Waals surface area contributed by atoms with Crippen molar-refractivity contribution < 1.29 is 14.7 Å². The number of carboxylic acids is 1. The molecule has 2 rings (SSSR count). The third-order valence-corrected chi connectivity index (χ3v) is 4.49. The number of hydrogen-bond acceptors (Lipinski definition) is 4. The van der Waals surface area contributed by atoms with Gasteiger partial charge in [-0.2, -0.15) is 0 Å². The van der Waals surface area contributed by atoms with Gasteiger partial charge in [0.2, 0.25) is 0 Å². The Hall–Kier alpha value is -1.63. The number of thiazole rings is 1. The molecule has 1 saturated heterocycles. The van der Waals surface area contributed by atoms with Crippen LogP contribution in [0.15, 0.2) is 5.38 Å². The van der Waals surface area contributed by atoms with E-state index in [1.54, 1.807) is 35.1 Å². The summed E-state index contributed by atoms with van der Waals surface area (Å²) in [6.45, 7) is 5.15. The summed E-state index contributed by atoms with van der Waals surface area (Å²) in [6.07, 6.45) is 0. The number of aliphatic carboxylic acids is 1. The number of aromatic nitrogens is 1. The molecule has 0 aliphatic carbocycles. The first-order valence-electron chi connectivity index (χ1n) is 6.52. The second-order valence-electron chi connectivity index (χ2n) is 5.29. The molecule has 2 amide bonds. The van der Waals surface area contributed by atoms with Crippen molar-refractivity contribution in [2.45, 2.75) is 20.4 Å². The number of urea groups is 1. The van der Waals surface area contributed by atoms with Crippen molar-refractivity contribution in [3.8, 4) is 0 Å². The van der Waals surface area contributed by atoms with E-state index in [9.17, 15) is 9.59 Å². The number of carboxylic acid groups (broad SMARTS) is 1. The van der Waals surface area contributed by atoms with Crippen LogP contribution in [0.1, 0.15) is 17.6 Å². The van der Waals surface area contributed by atoms with E-state index >= 15 is 0 Å². The largest absolute Gasteiger partial charge is 0.481 e. The maximum Gasteiger partial charge on any atom is 0.320 e. The summed E-state index contributed by atoms with van der Waals surface area (Å²) in [5, 5.41) is 11.9. The molecule has 1 atom stereocenters. The number of carbonyl (C=O) groups is 2. The summed E-state index contributed by atoms with van der Waals surface area (Å²) in [4.78, 5) is 30.7. The molecule has 1 N–H and O–H groups in total. The Balaban J connectivity index is 1.82. The van der Waals surface area contributed by atoms with Gasteiger partial charge in [-0.15, -0.1) is 11.3 Å². The molecule has 1 unspecified atom stereocenters. The summed E-state index contributed by atoms with van der Waals surface area (Å²) in [6, 6.07) is -0.0653. The van der Waals surface area contributed by atoms with Gasteiger partial charge in [0.1, 0.15) is 0 Å². The average molecular weight is 297 g/mol. The molecule has 1 aromatic heterocycles. The zero-order valence-corrected chi connectivity index (χ0v) is 12.7. The standard InChI is InChI=1S/C13H19N3O3S/c1-8(12(17)18)10-4-16(5-10)13(19)15(3)6-11-7-20-9(2)14-11/h7-8,10H,4-6H2,1-3H3,(H,17,18). The molecule has 1 aromatic rings. The second-order valence-corrected chi connectivity index (χ2v) is 6.35. The van der Waals surface area contributed by atoms with Crippen LogP contribution in [-0.2, 0) is 11.3 Å². The highest BCUT2D eigenvalue weighted by Gasteiger charge is 2.38. The fourth-order valence-electron chi connectivity index (χ4n) is 2.22. The van der Waals surface area contributed by atoms with E-state index in [0.717, 1.165) is 10.7 Å². The maximum atomic E-state index is 12.2. The van der Waals surface area contributed by atoms with Crippen molar-refractivity contribution >= 4 is 23.3 Å². The van der Waals surface area contributed by atoms with Crippen LogP contribution >= 0.6 is 11.3 Å². The first-order chi connectivity index (χ1) is 9.38. The van der Waals surface area contributed by atoms with Gasteiger partial charge in [0.05, 0.1) is 23.2 Å². The molecule has 1 aliphatic rings. The molecule has 20 heavy (non-hydrogen) atoms. The summed E-state index contributed by atoms with van der Waals surface area (Å²) >= 11 is 1.57. The highest BCUT2D eigenvalue weighted by molar-refractivity contribution is 7.09. The van der Waals surface area contributed by atoms with Crippen LogP contribution in [0.4, 0.5) is 4.79 Å². The lowest BCUT2D eigenvalue weighted by Gasteiger charge is -2.42. The summed E-state index contributed by atoms with van der Waals surface area (Å²) in [5.41, 5.74) is 0.888. The van der Waals surface area contributed by atoms with Gasteiger partial charge in [0.15, 0.2) is 0 Å². The topological polar surface area (TPSA) is 73.7 Å². The Morgan fingerprint density at radius 2 is 2.25 bits per heavy atom. The van der Waals surface area contributed by atoms with Gasteiger partial charge in [-0.1, -0.05) is 6.92 Å². The number of rotatable bonds is 4. The minimum atomic E-state index is -0.798. The minimum absolute atomic E-state index is 0.0615. The Morgan fingerprint density at radius 1 is 1.60 bits per heavy atom. The highest BCUT2D eigenvalue weighted by atomic mass is 32.1. The molecule has 6 nitrogen and oxygen atoms in total. The molecule has 1 fully saturated rings. The van der Waals surface area contributed by atoms with Crippen molar-refractivity contribution in [1.82, 2.24) is 14.8 Å². The summed E-state index contributed by atoms with van der Waals surface area (Å²) in [5.74, 6) is -1.13. The zero-order valence-electron chi connectivity index (χ0n) is 11.9. The third-order valence-electron chi connectivity index (χ3n) is 3.67. The van der Waals surface area contributed by atoms with E-state index in [-0.39, 0.29) is 11.9 Å². The van der Waals surface area contributed by atoms with Crippen molar-refractivity contribution in [1.29, 1.82) is 0 Å². The summed E-state index contributed by atoms with van der Waals surface area (Å²) < 4.78 is 0. The van der Waals surface area contributed by atoms with Crippen LogP contribution in [0.5, 0.6) is 0 Å². The lowest BCUT2D eigenvalue weighted by Crippen LogP contribution is -2.56. The molecule has 0 saturated carbocycles. The van der Waals surface area contributed by atoms with Crippen LogP contribution in [0.2, 0.25) is 0 Å². The van der Waals surface area contributed by atoms with Gasteiger partial charge in [-0.3, -0.25) is 4.79 Å². The van der Waals surface area contributed by atoms with Gasteiger partial charge in [0.25, 0.3) is 0 Å². The highest BCUT2D eigenvalue weighted by Crippen LogP contribution is 2.25. The Labute approximate surface area is 122 Å². The molecule has 110 valence electrons.